The van der Waals surface area contributed by atoms with Crippen molar-refractivity contribution in [2.75, 3.05) is 31.5 Å². The van der Waals surface area contributed by atoms with E-state index in [2.05, 4.69) is 32.7 Å². The molecule has 2 N–H and O–H groups in total. The lowest BCUT2D eigenvalue weighted by Gasteiger charge is -2.23. The molecule has 0 radical (unpaired) electrons. The number of carbonyl (C=O) groups is 1. The second kappa shape index (κ2) is 7.19. The highest BCUT2D eigenvalue weighted by molar-refractivity contribution is 5.92. The van der Waals surface area contributed by atoms with Crippen molar-refractivity contribution >= 4 is 11.7 Å². The van der Waals surface area contributed by atoms with Crippen molar-refractivity contribution < 1.29 is 4.79 Å². The van der Waals surface area contributed by atoms with Gasteiger partial charge in [0.2, 0.25) is 0 Å². The molecule has 1 aromatic heterocycles. The van der Waals surface area contributed by atoms with Crippen LogP contribution in [0.25, 0.3) is 0 Å². The van der Waals surface area contributed by atoms with Crippen molar-refractivity contribution in [1.29, 1.82) is 0 Å². The standard InChI is InChI=1S/C14H23N5O/c1-3-15-13-7-6-12(17-18-13)14(20)16-10-11(2)19-8-4-5-9-19/h6-7,11H,3-5,8-10H2,1-2H3,(H,15,18)(H,16,20). The molecule has 6 heteroatoms. The Kier molecular flexibility index (Phi) is 5.29. The zero-order valence-electron chi connectivity index (χ0n) is 12.2. The number of aromatic nitrogens is 2. The molecule has 20 heavy (non-hydrogen) atoms. The second-order valence-corrected chi connectivity index (χ2v) is 5.14. The van der Waals surface area contributed by atoms with Gasteiger partial charge < -0.3 is 10.6 Å². The van der Waals surface area contributed by atoms with Crippen LogP contribution < -0.4 is 10.6 Å². The Morgan fingerprint density at radius 1 is 1.35 bits per heavy atom. The average molecular weight is 277 g/mol. The molecule has 2 rings (SSSR count). The number of amides is 1. The monoisotopic (exact) mass is 277 g/mol. The molecule has 0 spiro atoms. The molecule has 0 aliphatic carbocycles. The van der Waals surface area contributed by atoms with Crippen molar-refractivity contribution in [3.63, 3.8) is 0 Å². The summed E-state index contributed by atoms with van der Waals surface area (Å²) in [6.07, 6.45) is 2.52. The van der Waals surface area contributed by atoms with E-state index in [9.17, 15) is 4.79 Å². The van der Waals surface area contributed by atoms with Crippen molar-refractivity contribution in [3.05, 3.63) is 17.8 Å². The largest absolute Gasteiger partial charge is 0.369 e. The van der Waals surface area contributed by atoms with Crippen molar-refractivity contribution in [2.45, 2.75) is 32.7 Å². The highest BCUT2D eigenvalue weighted by Gasteiger charge is 2.18. The average Bonchev–Trinajstić information content (AvgIpc) is 3.00. The van der Waals surface area contributed by atoms with Crippen molar-refractivity contribution in [3.8, 4) is 0 Å². The van der Waals surface area contributed by atoms with Crippen LogP contribution in [0.1, 0.15) is 37.2 Å². The van der Waals surface area contributed by atoms with Gasteiger partial charge in [0.05, 0.1) is 0 Å². The minimum atomic E-state index is -0.161. The summed E-state index contributed by atoms with van der Waals surface area (Å²) in [5, 5.41) is 13.9. The van der Waals surface area contributed by atoms with Gasteiger partial charge in [-0.25, -0.2) is 0 Å². The maximum Gasteiger partial charge on any atom is 0.271 e. The molecule has 2 heterocycles. The van der Waals surface area contributed by atoms with Gasteiger partial charge in [0.25, 0.3) is 5.91 Å². The van der Waals surface area contributed by atoms with Crippen molar-refractivity contribution in [1.82, 2.24) is 20.4 Å². The fraction of sp³-hybridized carbons (Fsp3) is 0.643. The van der Waals surface area contributed by atoms with Gasteiger partial charge in [0, 0.05) is 19.1 Å². The lowest BCUT2D eigenvalue weighted by atomic mass is 10.3. The molecule has 1 unspecified atom stereocenters. The first-order valence-electron chi connectivity index (χ1n) is 7.30. The van der Waals surface area contributed by atoms with Gasteiger partial charge in [0.1, 0.15) is 5.82 Å². The molecule has 0 saturated carbocycles. The van der Waals surface area contributed by atoms with Crippen LogP contribution >= 0.6 is 0 Å². The smallest absolute Gasteiger partial charge is 0.271 e. The molecular weight excluding hydrogens is 254 g/mol. The Morgan fingerprint density at radius 3 is 2.70 bits per heavy atom. The Hall–Kier alpha value is -1.69. The SMILES string of the molecule is CCNc1ccc(C(=O)NCC(C)N2CCCC2)nn1. The van der Waals surface area contributed by atoms with Crippen LogP contribution in [0.3, 0.4) is 0 Å². The van der Waals surface area contributed by atoms with E-state index in [0.29, 0.717) is 24.1 Å². The summed E-state index contributed by atoms with van der Waals surface area (Å²) >= 11 is 0. The number of nitrogens with zero attached hydrogens (tertiary/aromatic N) is 3. The van der Waals surface area contributed by atoms with E-state index < -0.39 is 0 Å². The first-order chi connectivity index (χ1) is 9.70. The molecule has 1 atom stereocenters. The number of hydrogen-bond donors (Lipinski definition) is 2. The number of rotatable bonds is 6. The van der Waals surface area contributed by atoms with Crippen LogP contribution in [0.4, 0.5) is 5.82 Å². The maximum absolute atomic E-state index is 12.0. The summed E-state index contributed by atoms with van der Waals surface area (Å²) in [7, 11) is 0. The highest BCUT2D eigenvalue weighted by Crippen LogP contribution is 2.10. The highest BCUT2D eigenvalue weighted by atomic mass is 16.1. The molecule has 1 aromatic rings. The first kappa shape index (κ1) is 14.7. The molecule has 0 aromatic carbocycles. The van der Waals surface area contributed by atoms with E-state index >= 15 is 0 Å². The number of likely N-dealkylation sites (tertiary alicyclic amines) is 1. The van der Waals surface area contributed by atoms with Gasteiger partial charge in [-0.3, -0.25) is 9.69 Å². The number of hydrogen-bond acceptors (Lipinski definition) is 5. The third kappa shape index (κ3) is 3.90. The lowest BCUT2D eigenvalue weighted by Crippen LogP contribution is -2.40. The molecule has 110 valence electrons. The molecule has 0 bridgehead atoms. The molecule has 6 nitrogen and oxygen atoms in total. The summed E-state index contributed by atoms with van der Waals surface area (Å²) in [5.41, 5.74) is 0.361. The predicted octanol–water partition coefficient (Wildman–Crippen LogP) is 1.12. The van der Waals surface area contributed by atoms with Crippen molar-refractivity contribution in [2.24, 2.45) is 0 Å². The van der Waals surface area contributed by atoms with Gasteiger partial charge >= 0.3 is 0 Å². The predicted molar refractivity (Wildman–Crippen MR) is 78.8 cm³/mol. The quantitative estimate of drug-likeness (QED) is 0.815. The zero-order chi connectivity index (χ0) is 14.4. The van der Waals surface area contributed by atoms with E-state index in [4.69, 9.17) is 0 Å². The molecular formula is C14H23N5O. The number of carbonyl (C=O) groups excluding carboxylic acids is 1. The Balaban J connectivity index is 1.81. The summed E-state index contributed by atoms with van der Waals surface area (Å²) in [5.74, 6) is 0.529. The summed E-state index contributed by atoms with van der Waals surface area (Å²) in [4.78, 5) is 14.4. The lowest BCUT2D eigenvalue weighted by molar-refractivity contribution is 0.0934. The van der Waals surface area contributed by atoms with Gasteiger partial charge in [0.15, 0.2) is 5.69 Å². The van der Waals surface area contributed by atoms with Crippen LogP contribution in [-0.2, 0) is 0 Å². The number of anilines is 1. The van der Waals surface area contributed by atoms with E-state index in [-0.39, 0.29) is 5.91 Å². The zero-order valence-corrected chi connectivity index (χ0v) is 12.2. The minimum absolute atomic E-state index is 0.161. The van der Waals surface area contributed by atoms with E-state index in [1.807, 2.05) is 6.92 Å². The molecule has 1 saturated heterocycles. The van der Waals surface area contributed by atoms with E-state index in [1.165, 1.54) is 12.8 Å². The van der Waals surface area contributed by atoms with Crippen LogP contribution in [0.5, 0.6) is 0 Å². The van der Waals surface area contributed by atoms with Gasteiger partial charge in [-0.05, 0) is 51.9 Å². The molecule has 1 amide bonds. The topological polar surface area (TPSA) is 70.2 Å². The second-order valence-electron chi connectivity index (χ2n) is 5.14. The van der Waals surface area contributed by atoms with Crippen LogP contribution in [-0.4, -0.2) is 53.2 Å². The summed E-state index contributed by atoms with van der Waals surface area (Å²) < 4.78 is 0. The fourth-order valence-electron chi connectivity index (χ4n) is 2.37. The number of nitrogens with one attached hydrogen (secondary N) is 2. The van der Waals surface area contributed by atoms with Gasteiger partial charge in [-0.2, -0.15) is 0 Å². The molecule has 1 aliphatic rings. The van der Waals surface area contributed by atoms with Gasteiger partial charge in [-0.1, -0.05) is 0 Å². The first-order valence-corrected chi connectivity index (χ1v) is 7.30. The summed E-state index contributed by atoms with van der Waals surface area (Å²) in [6.45, 7) is 7.83. The maximum atomic E-state index is 12.0. The normalized spacial score (nSPS) is 16.9. The Bertz CT molecular complexity index is 428. The van der Waals surface area contributed by atoms with Crippen LogP contribution in [0, 0.1) is 0 Å². The minimum Gasteiger partial charge on any atom is -0.369 e. The molecule has 1 fully saturated rings. The Labute approximate surface area is 120 Å². The summed E-state index contributed by atoms with van der Waals surface area (Å²) in [6, 6.07) is 3.84. The van der Waals surface area contributed by atoms with Gasteiger partial charge in [-0.15, -0.1) is 10.2 Å². The fourth-order valence-corrected chi connectivity index (χ4v) is 2.37. The third-order valence-electron chi connectivity index (χ3n) is 3.58. The third-order valence-corrected chi connectivity index (χ3v) is 3.58. The Morgan fingerprint density at radius 2 is 2.10 bits per heavy atom. The van der Waals surface area contributed by atoms with Crippen LogP contribution in [0.2, 0.25) is 0 Å². The molecule has 1 aliphatic heterocycles. The van der Waals surface area contributed by atoms with E-state index in [0.717, 1.165) is 19.6 Å². The van der Waals surface area contributed by atoms with Crippen LogP contribution in [0.15, 0.2) is 12.1 Å². The van der Waals surface area contributed by atoms with E-state index in [1.54, 1.807) is 12.1 Å².